The minimum absolute atomic E-state index is 0.0274. The van der Waals surface area contributed by atoms with Crippen LogP contribution < -0.4 is 10.9 Å². The molecule has 0 saturated heterocycles. The third-order valence-electron chi connectivity index (χ3n) is 5.07. The van der Waals surface area contributed by atoms with Gasteiger partial charge in [-0.2, -0.15) is 4.31 Å². The van der Waals surface area contributed by atoms with Gasteiger partial charge in [-0.1, -0.05) is 33.6 Å². The predicted molar refractivity (Wildman–Crippen MR) is 100 cm³/mol. The number of pyridine rings is 1. The molecule has 1 N–H and O–H groups in total. The van der Waals surface area contributed by atoms with Crippen LogP contribution in [-0.4, -0.2) is 42.3 Å². The average molecular weight is 384 g/mol. The molecule has 0 aliphatic heterocycles. The highest BCUT2D eigenvalue weighted by molar-refractivity contribution is 7.89. The van der Waals surface area contributed by atoms with E-state index >= 15 is 0 Å². The highest BCUT2D eigenvalue weighted by Gasteiger charge is 2.24. The summed E-state index contributed by atoms with van der Waals surface area (Å²) in [7, 11) is -3.67. The van der Waals surface area contributed by atoms with Gasteiger partial charge >= 0.3 is 0 Å². The number of hydrogen-bond acceptors (Lipinski definition) is 4. The van der Waals surface area contributed by atoms with E-state index in [1.54, 1.807) is 13.8 Å². The summed E-state index contributed by atoms with van der Waals surface area (Å²) in [4.78, 5) is 24.5. The number of aromatic nitrogens is 1. The van der Waals surface area contributed by atoms with Crippen molar-refractivity contribution in [3.05, 3.63) is 28.7 Å². The summed E-state index contributed by atoms with van der Waals surface area (Å²) >= 11 is 0. The molecule has 2 atom stereocenters. The molecule has 0 spiro atoms. The Morgan fingerprint density at radius 1 is 1.23 bits per heavy atom. The van der Waals surface area contributed by atoms with E-state index in [0.29, 0.717) is 19.0 Å². The van der Waals surface area contributed by atoms with Crippen LogP contribution in [0.1, 0.15) is 46.5 Å². The lowest BCUT2D eigenvalue weighted by atomic mass is 9.86. The van der Waals surface area contributed by atoms with E-state index in [-0.39, 0.29) is 23.4 Å². The summed E-state index contributed by atoms with van der Waals surface area (Å²) in [5, 5.41) is 2.99. The van der Waals surface area contributed by atoms with Crippen LogP contribution in [0, 0.1) is 5.92 Å². The molecule has 26 heavy (non-hydrogen) atoms. The van der Waals surface area contributed by atoms with Gasteiger partial charge in [0.15, 0.2) is 0 Å². The van der Waals surface area contributed by atoms with Gasteiger partial charge in [0.2, 0.25) is 15.9 Å². The van der Waals surface area contributed by atoms with E-state index in [4.69, 9.17) is 0 Å². The van der Waals surface area contributed by atoms with Crippen molar-refractivity contribution in [1.82, 2.24) is 14.2 Å². The van der Waals surface area contributed by atoms with Gasteiger partial charge in [0, 0.05) is 31.4 Å². The molecule has 0 bridgehead atoms. The molecule has 0 aromatic carbocycles. The van der Waals surface area contributed by atoms with Crippen LogP contribution in [-0.2, 0) is 21.4 Å². The molecule has 1 aliphatic rings. The maximum Gasteiger partial charge on any atom is 0.251 e. The van der Waals surface area contributed by atoms with Crippen LogP contribution in [0.5, 0.6) is 0 Å². The van der Waals surface area contributed by atoms with Gasteiger partial charge in [-0.25, -0.2) is 8.42 Å². The van der Waals surface area contributed by atoms with E-state index < -0.39 is 15.6 Å². The summed E-state index contributed by atoms with van der Waals surface area (Å²) in [5.74, 6) is 0.155. The number of carbonyl (C=O) groups excluding carboxylic acids is 1. The molecular weight excluding hydrogens is 354 g/mol. The zero-order valence-corrected chi connectivity index (χ0v) is 16.6. The van der Waals surface area contributed by atoms with Gasteiger partial charge in [0.25, 0.3) is 5.56 Å². The van der Waals surface area contributed by atoms with Crippen molar-refractivity contribution in [2.75, 3.05) is 13.1 Å². The van der Waals surface area contributed by atoms with E-state index in [0.717, 1.165) is 19.3 Å². The lowest BCUT2D eigenvalue weighted by Gasteiger charge is -2.29. The van der Waals surface area contributed by atoms with Crippen molar-refractivity contribution < 1.29 is 13.2 Å². The normalized spacial score (nSPS) is 20.9. The Morgan fingerprint density at radius 3 is 2.50 bits per heavy atom. The van der Waals surface area contributed by atoms with Crippen LogP contribution in [0.15, 0.2) is 28.0 Å². The number of hydrogen-bond donors (Lipinski definition) is 1. The van der Waals surface area contributed by atoms with Gasteiger partial charge in [-0.05, 0) is 24.8 Å². The third-order valence-corrected chi connectivity index (χ3v) is 7.10. The first kappa shape index (κ1) is 20.6. The van der Waals surface area contributed by atoms with Crippen molar-refractivity contribution in [1.29, 1.82) is 0 Å². The van der Waals surface area contributed by atoms with E-state index in [9.17, 15) is 18.0 Å². The Balaban J connectivity index is 2.17. The molecule has 1 heterocycles. The van der Waals surface area contributed by atoms with Crippen LogP contribution in [0.2, 0.25) is 0 Å². The van der Waals surface area contributed by atoms with Crippen molar-refractivity contribution in [3.8, 4) is 0 Å². The SMILES string of the molecule is CCN(CC)S(=O)(=O)c1ccc(=O)n(CC(=O)N[C@H]2CCCC[C@H]2C)c1. The monoisotopic (exact) mass is 383 g/mol. The number of nitrogens with one attached hydrogen (secondary N) is 1. The van der Waals surface area contributed by atoms with Gasteiger partial charge in [-0.3, -0.25) is 9.59 Å². The second-order valence-electron chi connectivity index (χ2n) is 6.86. The lowest BCUT2D eigenvalue weighted by molar-refractivity contribution is -0.123. The maximum absolute atomic E-state index is 12.6. The highest BCUT2D eigenvalue weighted by Crippen LogP contribution is 2.23. The number of sulfonamides is 1. The fraction of sp³-hybridized carbons (Fsp3) is 0.667. The molecule has 0 unspecified atom stereocenters. The number of amides is 1. The van der Waals surface area contributed by atoms with Crippen LogP contribution in [0.25, 0.3) is 0 Å². The minimum atomic E-state index is -3.67. The Hall–Kier alpha value is -1.67. The summed E-state index contributed by atoms with van der Waals surface area (Å²) in [6, 6.07) is 2.62. The molecule has 1 amide bonds. The van der Waals surface area contributed by atoms with Crippen LogP contribution in [0.4, 0.5) is 0 Å². The van der Waals surface area contributed by atoms with Crippen molar-refractivity contribution in [2.45, 2.75) is 63.9 Å². The molecule has 2 rings (SSSR count). The standard InChI is InChI=1S/C18H29N3O4S/c1-4-21(5-2)26(24,25)15-10-11-18(23)20(12-15)13-17(22)19-16-9-7-6-8-14(16)3/h10-12,14,16H,4-9,13H2,1-3H3,(H,19,22)/t14-,16+/m1/s1. The number of nitrogens with zero attached hydrogens (tertiary/aromatic N) is 2. The van der Waals surface area contributed by atoms with Crippen molar-refractivity contribution in [3.63, 3.8) is 0 Å². The Kier molecular flexibility index (Phi) is 7.00. The van der Waals surface area contributed by atoms with E-state index in [2.05, 4.69) is 12.2 Å². The molecule has 1 aromatic heterocycles. The molecule has 0 radical (unpaired) electrons. The maximum atomic E-state index is 12.6. The van der Waals surface area contributed by atoms with Gasteiger partial charge in [0.05, 0.1) is 4.90 Å². The lowest BCUT2D eigenvalue weighted by Crippen LogP contribution is -2.43. The second kappa shape index (κ2) is 8.81. The average Bonchev–Trinajstić information content (AvgIpc) is 2.59. The van der Waals surface area contributed by atoms with Gasteiger partial charge in [-0.15, -0.1) is 0 Å². The van der Waals surface area contributed by atoms with E-state index in [1.165, 1.54) is 33.6 Å². The van der Waals surface area contributed by atoms with Crippen molar-refractivity contribution >= 4 is 15.9 Å². The molecule has 1 saturated carbocycles. The summed E-state index contributed by atoms with van der Waals surface area (Å²) in [6.07, 6.45) is 5.56. The summed E-state index contributed by atoms with van der Waals surface area (Å²) in [5.41, 5.74) is -0.393. The second-order valence-corrected chi connectivity index (χ2v) is 8.79. The highest BCUT2D eigenvalue weighted by atomic mass is 32.2. The first-order valence-electron chi connectivity index (χ1n) is 9.29. The number of rotatable bonds is 7. The van der Waals surface area contributed by atoms with E-state index in [1.807, 2.05) is 0 Å². The van der Waals surface area contributed by atoms with Gasteiger partial charge < -0.3 is 9.88 Å². The Labute approximate surface area is 155 Å². The van der Waals surface area contributed by atoms with Crippen molar-refractivity contribution in [2.24, 2.45) is 5.92 Å². The predicted octanol–water partition coefficient (Wildman–Crippen LogP) is 1.57. The van der Waals surface area contributed by atoms with Crippen LogP contribution >= 0.6 is 0 Å². The Bertz CT molecular complexity index is 784. The molecule has 8 heteroatoms. The zero-order chi connectivity index (χ0) is 19.3. The quantitative estimate of drug-likeness (QED) is 0.774. The fourth-order valence-electron chi connectivity index (χ4n) is 3.44. The molecule has 7 nitrogen and oxygen atoms in total. The van der Waals surface area contributed by atoms with Crippen LogP contribution in [0.3, 0.4) is 0 Å². The Morgan fingerprint density at radius 2 is 1.88 bits per heavy atom. The zero-order valence-electron chi connectivity index (χ0n) is 15.8. The molecular formula is C18H29N3O4S. The number of carbonyl (C=O) groups is 1. The molecule has 1 fully saturated rings. The largest absolute Gasteiger partial charge is 0.352 e. The smallest absolute Gasteiger partial charge is 0.251 e. The topological polar surface area (TPSA) is 88.5 Å². The minimum Gasteiger partial charge on any atom is -0.352 e. The first-order valence-corrected chi connectivity index (χ1v) is 10.7. The van der Waals surface area contributed by atoms with Gasteiger partial charge in [0.1, 0.15) is 6.54 Å². The summed E-state index contributed by atoms with van der Waals surface area (Å²) in [6.45, 7) is 6.15. The molecule has 146 valence electrons. The molecule has 1 aliphatic carbocycles. The fourth-order valence-corrected chi connectivity index (χ4v) is 4.91. The molecule has 1 aromatic rings. The third kappa shape index (κ3) is 4.73. The summed E-state index contributed by atoms with van der Waals surface area (Å²) < 4.78 is 27.7. The first-order chi connectivity index (χ1) is 12.3.